The minimum Gasteiger partial charge on any atom is -0.369 e. The largest absolute Gasteiger partial charge is 0.369 e. The fraction of sp³-hybridized carbons (Fsp3) is 0. The summed E-state index contributed by atoms with van der Waals surface area (Å²) in [7, 11) is 0. The fourth-order valence-corrected chi connectivity index (χ4v) is 1.62. The molecule has 0 spiro atoms. The first-order valence-corrected chi connectivity index (χ1v) is 5.65. The minimum absolute atomic E-state index is 0.176. The lowest BCUT2D eigenvalue weighted by molar-refractivity contribution is 0.625. The molecule has 0 fully saturated rings. The molecule has 0 aliphatic rings. The summed E-state index contributed by atoms with van der Waals surface area (Å²) in [4.78, 5) is 0. The molecular weight excluding hydrogens is 243 g/mol. The van der Waals surface area contributed by atoms with Gasteiger partial charge in [-0.15, -0.1) is 10.2 Å². The molecule has 0 bridgehead atoms. The van der Waals surface area contributed by atoms with Crippen LogP contribution in [0.5, 0.6) is 0 Å². The predicted octanol–water partition coefficient (Wildman–Crippen LogP) is 1.85. The number of hydrogen-bond acceptors (Lipinski definition) is 2. The SMILES string of the molecule is NC(N)=N/N=C(\c1ccccc1)c1ccccc1F. The van der Waals surface area contributed by atoms with Gasteiger partial charge in [-0.25, -0.2) is 4.39 Å². The Labute approximate surface area is 110 Å². The maximum Gasteiger partial charge on any atom is 0.211 e. The van der Waals surface area contributed by atoms with Gasteiger partial charge in [-0.3, -0.25) is 0 Å². The van der Waals surface area contributed by atoms with Crippen molar-refractivity contribution in [3.63, 3.8) is 0 Å². The van der Waals surface area contributed by atoms with Crippen molar-refractivity contribution in [1.82, 2.24) is 0 Å². The van der Waals surface area contributed by atoms with Crippen molar-refractivity contribution in [1.29, 1.82) is 0 Å². The highest BCUT2D eigenvalue weighted by Crippen LogP contribution is 2.14. The predicted molar refractivity (Wildman–Crippen MR) is 74.3 cm³/mol. The second kappa shape index (κ2) is 5.77. The molecule has 4 nitrogen and oxygen atoms in total. The van der Waals surface area contributed by atoms with E-state index in [-0.39, 0.29) is 11.8 Å². The van der Waals surface area contributed by atoms with E-state index in [1.165, 1.54) is 6.07 Å². The summed E-state index contributed by atoms with van der Waals surface area (Å²) in [5.41, 5.74) is 12.0. The molecule has 0 aromatic heterocycles. The Morgan fingerprint density at radius 3 is 2.11 bits per heavy atom. The van der Waals surface area contributed by atoms with Crippen LogP contribution in [0.25, 0.3) is 0 Å². The number of guanidine groups is 1. The Morgan fingerprint density at radius 1 is 0.842 bits per heavy atom. The van der Waals surface area contributed by atoms with Crippen LogP contribution in [0, 0.1) is 5.82 Å². The molecule has 19 heavy (non-hydrogen) atoms. The zero-order chi connectivity index (χ0) is 13.7. The number of benzene rings is 2. The van der Waals surface area contributed by atoms with Crippen LogP contribution in [-0.2, 0) is 0 Å². The quantitative estimate of drug-likeness (QED) is 0.499. The van der Waals surface area contributed by atoms with Crippen molar-refractivity contribution in [3.8, 4) is 0 Å². The number of hydrogen-bond donors (Lipinski definition) is 2. The van der Waals surface area contributed by atoms with Crippen LogP contribution in [0.15, 0.2) is 64.8 Å². The number of nitrogens with zero attached hydrogens (tertiary/aromatic N) is 2. The van der Waals surface area contributed by atoms with E-state index in [0.29, 0.717) is 11.3 Å². The van der Waals surface area contributed by atoms with Gasteiger partial charge in [0.15, 0.2) is 0 Å². The van der Waals surface area contributed by atoms with Crippen molar-refractivity contribution >= 4 is 11.7 Å². The summed E-state index contributed by atoms with van der Waals surface area (Å²) in [5.74, 6) is -0.555. The van der Waals surface area contributed by atoms with E-state index in [0.717, 1.165) is 5.56 Å². The van der Waals surface area contributed by atoms with Crippen molar-refractivity contribution in [2.24, 2.45) is 21.7 Å². The molecule has 0 saturated carbocycles. The molecule has 4 N–H and O–H groups in total. The summed E-state index contributed by atoms with van der Waals surface area (Å²) in [5, 5.41) is 7.55. The number of nitrogens with two attached hydrogens (primary N) is 2. The highest BCUT2D eigenvalue weighted by atomic mass is 19.1. The summed E-state index contributed by atoms with van der Waals surface area (Å²) in [6, 6.07) is 15.5. The highest BCUT2D eigenvalue weighted by molar-refractivity contribution is 6.13. The molecule has 2 aromatic rings. The van der Waals surface area contributed by atoms with Crippen molar-refractivity contribution in [2.75, 3.05) is 0 Å². The molecule has 96 valence electrons. The number of halogens is 1. The maximum absolute atomic E-state index is 13.9. The normalized spacial score (nSPS) is 11.1. The Balaban J connectivity index is 2.57. The minimum atomic E-state index is -0.379. The zero-order valence-electron chi connectivity index (χ0n) is 10.1. The van der Waals surface area contributed by atoms with E-state index in [2.05, 4.69) is 10.2 Å². The van der Waals surface area contributed by atoms with Crippen LogP contribution in [0.4, 0.5) is 4.39 Å². The molecule has 0 aliphatic heterocycles. The topological polar surface area (TPSA) is 76.8 Å². The van der Waals surface area contributed by atoms with Gasteiger partial charge < -0.3 is 11.5 Å². The van der Waals surface area contributed by atoms with Crippen LogP contribution in [0.3, 0.4) is 0 Å². The molecule has 2 rings (SSSR count). The molecule has 0 radical (unpaired) electrons. The van der Waals surface area contributed by atoms with Crippen LogP contribution < -0.4 is 11.5 Å². The Morgan fingerprint density at radius 2 is 1.47 bits per heavy atom. The first-order valence-electron chi connectivity index (χ1n) is 5.65. The van der Waals surface area contributed by atoms with E-state index >= 15 is 0 Å². The third-order valence-electron chi connectivity index (χ3n) is 2.44. The average molecular weight is 256 g/mol. The van der Waals surface area contributed by atoms with E-state index in [4.69, 9.17) is 11.5 Å². The summed E-state index contributed by atoms with van der Waals surface area (Å²) >= 11 is 0. The zero-order valence-corrected chi connectivity index (χ0v) is 10.1. The monoisotopic (exact) mass is 256 g/mol. The smallest absolute Gasteiger partial charge is 0.211 e. The van der Waals surface area contributed by atoms with Gasteiger partial charge in [-0.1, -0.05) is 42.5 Å². The van der Waals surface area contributed by atoms with Gasteiger partial charge in [-0.05, 0) is 12.1 Å². The molecule has 0 atom stereocenters. The van der Waals surface area contributed by atoms with Crippen molar-refractivity contribution in [2.45, 2.75) is 0 Å². The Kier molecular flexibility index (Phi) is 3.87. The average Bonchev–Trinajstić information content (AvgIpc) is 2.42. The third kappa shape index (κ3) is 3.16. The number of rotatable bonds is 3. The highest BCUT2D eigenvalue weighted by Gasteiger charge is 2.11. The van der Waals surface area contributed by atoms with Crippen LogP contribution >= 0.6 is 0 Å². The molecule has 0 aliphatic carbocycles. The van der Waals surface area contributed by atoms with E-state index in [1.54, 1.807) is 18.2 Å². The molecule has 2 aromatic carbocycles. The Bertz CT molecular complexity index is 616. The van der Waals surface area contributed by atoms with Crippen LogP contribution in [-0.4, -0.2) is 11.7 Å². The van der Waals surface area contributed by atoms with Gasteiger partial charge in [0.1, 0.15) is 11.5 Å². The molecular formula is C14H13FN4. The standard InChI is InChI=1S/C14H13FN4/c15-12-9-5-4-8-11(12)13(18-19-14(16)17)10-6-2-1-3-7-10/h1-9H,(H4,16,17,19)/b18-13+. The van der Waals surface area contributed by atoms with E-state index in [9.17, 15) is 4.39 Å². The summed E-state index contributed by atoms with van der Waals surface area (Å²) in [6.07, 6.45) is 0. The van der Waals surface area contributed by atoms with Gasteiger partial charge in [0.2, 0.25) is 5.96 Å². The van der Waals surface area contributed by atoms with Crippen LogP contribution in [0.2, 0.25) is 0 Å². The lowest BCUT2D eigenvalue weighted by Crippen LogP contribution is -2.22. The van der Waals surface area contributed by atoms with Crippen LogP contribution in [0.1, 0.15) is 11.1 Å². The second-order valence-electron chi connectivity index (χ2n) is 3.82. The maximum atomic E-state index is 13.9. The molecule has 0 amide bonds. The molecule has 5 heteroatoms. The van der Waals surface area contributed by atoms with Gasteiger partial charge in [-0.2, -0.15) is 0 Å². The van der Waals surface area contributed by atoms with Crippen molar-refractivity contribution < 1.29 is 4.39 Å². The lowest BCUT2D eigenvalue weighted by atomic mass is 10.0. The molecule has 0 unspecified atom stereocenters. The first-order chi connectivity index (χ1) is 9.18. The van der Waals surface area contributed by atoms with Crippen molar-refractivity contribution in [3.05, 3.63) is 71.5 Å². The molecule has 0 saturated heterocycles. The fourth-order valence-electron chi connectivity index (χ4n) is 1.62. The first kappa shape index (κ1) is 12.8. The second-order valence-corrected chi connectivity index (χ2v) is 3.82. The van der Waals surface area contributed by atoms with E-state index < -0.39 is 0 Å². The lowest BCUT2D eigenvalue weighted by Gasteiger charge is -2.06. The van der Waals surface area contributed by atoms with Gasteiger partial charge in [0.25, 0.3) is 0 Å². The Hall–Kier alpha value is -2.69. The molecule has 0 heterocycles. The van der Waals surface area contributed by atoms with Gasteiger partial charge in [0, 0.05) is 11.1 Å². The third-order valence-corrected chi connectivity index (χ3v) is 2.44. The van der Waals surface area contributed by atoms with Gasteiger partial charge >= 0.3 is 0 Å². The summed E-state index contributed by atoms with van der Waals surface area (Å²) in [6.45, 7) is 0. The van der Waals surface area contributed by atoms with Gasteiger partial charge in [0.05, 0.1) is 0 Å². The van der Waals surface area contributed by atoms with E-state index in [1.807, 2.05) is 30.3 Å². The summed E-state index contributed by atoms with van der Waals surface area (Å²) < 4.78 is 13.9.